The number of benzene rings is 9. The maximum absolute atomic E-state index is 6.18. The molecule has 9 aromatic rings. The molecular weight excluding hydrogens is 884 g/mol. The lowest BCUT2D eigenvalue weighted by molar-refractivity contribution is 0.795. The van der Waals surface area contributed by atoms with Gasteiger partial charge >= 0.3 is 0 Å². The Morgan fingerprint density at radius 2 is 0.411 bits per heavy atom. The van der Waals surface area contributed by atoms with Gasteiger partial charge in [-0.1, -0.05) is 129 Å². The highest BCUT2D eigenvalue weighted by Gasteiger charge is 2.20. The minimum absolute atomic E-state index is 0.745. The van der Waals surface area contributed by atoms with Crippen molar-refractivity contribution in [2.45, 2.75) is 92.4 Å². The zero-order chi connectivity index (χ0) is 50.5. The summed E-state index contributed by atoms with van der Waals surface area (Å²) in [6.45, 7) is 11.0. The Morgan fingerprint density at radius 3 is 0.603 bits per heavy atom. The van der Waals surface area contributed by atoms with Crippen molar-refractivity contribution in [3.8, 4) is 0 Å². The van der Waals surface area contributed by atoms with Crippen LogP contribution in [0.5, 0.6) is 0 Å². The van der Waals surface area contributed by atoms with Crippen LogP contribution >= 0.6 is 0 Å². The molecule has 0 heterocycles. The Kier molecular flexibility index (Phi) is 16.6. The van der Waals surface area contributed by atoms with Crippen LogP contribution in [0.3, 0.4) is 0 Å². The van der Waals surface area contributed by atoms with Crippen molar-refractivity contribution in [2.75, 3.05) is 19.6 Å². The summed E-state index contributed by atoms with van der Waals surface area (Å²) in [5, 5.41) is 0. The molecule has 0 fully saturated rings. The van der Waals surface area contributed by atoms with E-state index in [0.717, 1.165) is 93.0 Å². The summed E-state index contributed by atoms with van der Waals surface area (Å²) in [4.78, 5) is 9.39. The van der Waals surface area contributed by atoms with E-state index in [1.54, 1.807) is 0 Å². The SMILES string of the molecule is [B]c1ccc(N(c2ccc(CCCC)cc2)c2ccc(N(c3ccc(C)cc3)c3ccc(N(c4ccc(C)cc4)c4ccc(N(c5ccc(CCCC)cc5)c5ccc(CCCC)cc5)cc4)cc3)cc2)cc1. The molecule has 0 spiro atoms. The Labute approximate surface area is 437 Å². The number of hydrogen-bond acceptors (Lipinski definition) is 4. The van der Waals surface area contributed by atoms with Crippen LogP contribution in [-0.2, 0) is 19.3 Å². The Balaban J connectivity index is 1.05. The smallest absolute Gasteiger partial charge is 0.113 e. The van der Waals surface area contributed by atoms with Gasteiger partial charge < -0.3 is 19.6 Å². The second-order valence-electron chi connectivity index (χ2n) is 19.5. The first-order valence-electron chi connectivity index (χ1n) is 26.5. The second-order valence-corrected chi connectivity index (χ2v) is 19.5. The molecule has 0 atom stereocenters. The van der Waals surface area contributed by atoms with Crippen LogP contribution in [0.4, 0.5) is 68.2 Å². The van der Waals surface area contributed by atoms with Crippen LogP contribution in [0.1, 0.15) is 87.1 Å². The maximum Gasteiger partial charge on any atom is 0.113 e. The third-order valence-electron chi connectivity index (χ3n) is 13.9. The summed E-state index contributed by atoms with van der Waals surface area (Å²) in [6.07, 6.45) is 10.4. The normalized spacial score (nSPS) is 11.1. The van der Waals surface area contributed by atoms with Crippen molar-refractivity contribution >= 4 is 81.6 Å². The standard InChI is InChI=1S/C68H69BN4/c1-6-9-12-53-19-31-59(32-20-53)72(60-33-21-54(22-34-60)13-10-7-2)67-47-43-65(44-48-67)70(57-27-15-51(4)16-28-57)63-39-41-64(42-40-63)71(58-29-17-52(5)18-30-58)66-45-49-68(50-46-66)73(62-37-25-56(69)26-38-62)61-35-23-55(24-36-61)14-11-8-3/h15-50H,6-14H2,1-5H3. The first kappa shape index (κ1) is 50.2. The number of hydrogen-bond donors (Lipinski definition) is 0. The summed E-state index contributed by atoms with van der Waals surface area (Å²) >= 11 is 0. The summed E-state index contributed by atoms with van der Waals surface area (Å²) in [7, 11) is 6.18. The molecule has 9 rings (SSSR count). The Morgan fingerprint density at radius 1 is 0.247 bits per heavy atom. The number of nitrogens with zero attached hydrogens (tertiary/aromatic N) is 4. The van der Waals surface area contributed by atoms with E-state index < -0.39 is 0 Å². The topological polar surface area (TPSA) is 13.0 Å². The van der Waals surface area contributed by atoms with Gasteiger partial charge in [-0.3, -0.25) is 0 Å². The lowest BCUT2D eigenvalue weighted by Gasteiger charge is -2.30. The van der Waals surface area contributed by atoms with Crippen molar-refractivity contribution in [1.82, 2.24) is 0 Å². The summed E-state index contributed by atoms with van der Waals surface area (Å²) in [5.41, 5.74) is 20.4. The Hall–Kier alpha value is -7.76. The minimum Gasteiger partial charge on any atom is -0.311 e. The van der Waals surface area contributed by atoms with Gasteiger partial charge in [0.2, 0.25) is 0 Å². The van der Waals surface area contributed by atoms with Crippen LogP contribution in [0, 0.1) is 13.8 Å². The van der Waals surface area contributed by atoms with Gasteiger partial charge in [-0.15, -0.1) is 0 Å². The maximum atomic E-state index is 6.18. The lowest BCUT2D eigenvalue weighted by atomic mass is 9.96. The van der Waals surface area contributed by atoms with E-state index in [-0.39, 0.29) is 0 Å². The largest absolute Gasteiger partial charge is 0.311 e. The van der Waals surface area contributed by atoms with E-state index in [2.05, 4.69) is 260 Å². The molecule has 9 aromatic carbocycles. The Bertz CT molecular complexity index is 3040. The van der Waals surface area contributed by atoms with E-state index in [4.69, 9.17) is 7.85 Å². The molecule has 0 N–H and O–H groups in total. The van der Waals surface area contributed by atoms with Crippen LogP contribution in [0.2, 0.25) is 0 Å². The van der Waals surface area contributed by atoms with Gasteiger partial charge in [0.15, 0.2) is 0 Å². The third kappa shape index (κ3) is 12.3. The van der Waals surface area contributed by atoms with Crippen molar-refractivity contribution in [3.05, 3.63) is 246 Å². The average Bonchev–Trinajstić information content (AvgIpc) is 3.43. The van der Waals surface area contributed by atoms with Crippen LogP contribution < -0.4 is 25.1 Å². The minimum atomic E-state index is 0.745. The highest BCUT2D eigenvalue weighted by molar-refractivity contribution is 6.32. The predicted octanol–water partition coefficient (Wildman–Crippen LogP) is 19.0. The van der Waals surface area contributed by atoms with E-state index in [1.807, 2.05) is 12.1 Å². The van der Waals surface area contributed by atoms with Gasteiger partial charge in [0, 0.05) is 68.2 Å². The fourth-order valence-electron chi connectivity index (χ4n) is 9.63. The lowest BCUT2D eigenvalue weighted by Crippen LogP contribution is -2.14. The van der Waals surface area contributed by atoms with Gasteiger partial charge in [0.1, 0.15) is 7.85 Å². The van der Waals surface area contributed by atoms with Crippen LogP contribution in [0.15, 0.2) is 218 Å². The first-order valence-corrected chi connectivity index (χ1v) is 26.5. The van der Waals surface area contributed by atoms with Gasteiger partial charge in [-0.25, -0.2) is 0 Å². The number of unbranched alkanes of at least 4 members (excludes halogenated alkanes) is 3. The van der Waals surface area contributed by atoms with Crippen molar-refractivity contribution in [2.24, 2.45) is 0 Å². The summed E-state index contributed by atoms with van der Waals surface area (Å²) in [6, 6.07) is 80.0. The molecule has 0 unspecified atom stereocenters. The fourth-order valence-corrected chi connectivity index (χ4v) is 9.63. The van der Waals surface area contributed by atoms with Crippen molar-refractivity contribution < 1.29 is 0 Å². The van der Waals surface area contributed by atoms with Crippen molar-refractivity contribution in [3.63, 3.8) is 0 Å². The zero-order valence-electron chi connectivity index (χ0n) is 43.5. The summed E-state index contributed by atoms with van der Waals surface area (Å²) < 4.78 is 0. The molecule has 0 saturated carbocycles. The highest BCUT2D eigenvalue weighted by atomic mass is 15.2. The molecule has 0 aromatic heterocycles. The molecule has 364 valence electrons. The molecule has 0 aliphatic heterocycles. The summed E-state index contributed by atoms with van der Waals surface area (Å²) in [5.74, 6) is 0. The molecule has 4 nitrogen and oxygen atoms in total. The van der Waals surface area contributed by atoms with Crippen molar-refractivity contribution in [1.29, 1.82) is 0 Å². The molecule has 73 heavy (non-hydrogen) atoms. The molecule has 0 aliphatic carbocycles. The number of anilines is 12. The third-order valence-corrected chi connectivity index (χ3v) is 13.9. The first-order chi connectivity index (χ1) is 35.8. The predicted molar refractivity (Wildman–Crippen MR) is 316 cm³/mol. The second kappa shape index (κ2) is 24.1. The van der Waals surface area contributed by atoms with E-state index in [0.29, 0.717) is 0 Å². The fraction of sp³-hybridized carbons (Fsp3) is 0.206. The van der Waals surface area contributed by atoms with Crippen LogP contribution in [-0.4, -0.2) is 7.85 Å². The zero-order valence-corrected chi connectivity index (χ0v) is 43.5. The molecule has 0 saturated heterocycles. The average molecular weight is 953 g/mol. The molecule has 0 bridgehead atoms. The van der Waals surface area contributed by atoms with Crippen LogP contribution in [0.25, 0.3) is 0 Å². The molecule has 0 amide bonds. The van der Waals surface area contributed by atoms with Gasteiger partial charge in [-0.2, -0.15) is 0 Å². The molecular formula is C68H69BN4. The van der Waals surface area contributed by atoms with E-state index in [9.17, 15) is 0 Å². The molecule has 0 aliphatic rings. The molecule has 2 radical (unpaired) electrons. The number of aryl methyl sites for hydroxylation is 5. The monoisotopic (exact) mass is 953 g/mol. The quantitative estimate of drug-likeness (QED) is 0.0665. The highest BCUT2D eigenvalue weighted by Crippen LogP contribution is 2.43. The van der Waals surface area contributed by atoms with E-state index >= 15 is 0 Å². The van der Waals surface area contributed by atoms with Gasteiger partial charge in [0.25, 0.3) is 0 Å². The van der Waals surface area contributed by atoms with Gasteiger partial charge in [-0.05, 0) is 215 Å². The van der Waals surface area contributed by atoms with E-state index in [1.165, 1.54) is 66.3 Å². The molecule has 5 heteroatoms. The van der Waals surface area contributed by atoms with Gasteiger partial charge in [0.05, 0.1) is 0 Å². The number of rotatable bonds is 21.